The summed E-state index contributed by atoms with van der Waals surface area (Å²) < 4.78 is 0. The molecule has 0 fully saturated rings. The van der Waals surface area contributed by atoms with Crippen LogP contribution < -0.4 is 0 Å². The van der Waals surface area contributed by atoms with E-state index in [9.17, 15) is 5.11 Å². The van der Waals surface area contributed by atoms with Crippen LogP contribution in [0.2, 0.25) is 0 Å². The Morgan fingerprint density at radius 1 is 0.905 bits per heavy atom. The van der Waals surface area contributed by atoms with Gasteiger partial charge in [-0.1, -0.05) is 60.7 Å². The molecule has 0 aliphatic rings. The molecule has 0 heterocycles. The first-order valence-corrected chi connectivity index (χ1v) is 7.58. The first-order valence-electron chi connectivity index (χ1n) is 7.58. The second-order valence-corrected chi connectivity index (χ2v) is 5.87. The summed E-state index contributed by atoms with van der Waals surface area (Å²) in [7, 11) is 2.08. The lowest BCUT2D eigenvalue weighted by atomic mass is 9.94. The average molecular weight is 283 g/mol. The van der Waals surface area contributed by atoms with Gasteiger partial charge < -0.3 is 5.11 Å². The Morgan fingerprint density at radius 3 is 1.95 bits per heavy atom. The van der Waals surface area contributed by atoms with Crippen LogP contribution in [-0.4, -0.2) is 29.2 Å². The Bertz CT molecular complexity index is 524. The fourth-order valence-corrected chi connectivity index (χ4v) is 2.67. The third kappa shape index (κ3) is 4.16. The van der Waals surface area contributed by atoms with Crippen LogP contribution in [0.15, 0.2) is 60.7 Å². The third-order valence-electron chi connectivity index (χ3n) is 4.05. The minimum Gasteiger partial charge on any atom is -0.391 e. The van der Waals surface area contributed by atoms with Gasteiger partial charge in [-0.25, -0.2) is 0 Å². The molecule has 0 aliphatic heterocycles. The van der Waals surface area contributed by atoms with Crippen LogP contribution in [0.3, 0.4) is 0 Å². The summed E-state index contributed by atoms with van der Waals surface area (Å²) >= 11 is 0. The molecule has 2 nitrogen and oxygen atoms in total. The Kier molecular flexibility index (Phi) is 5.54. The summed E-state index contributed by atoms with van der Waals surface area (Å²) in [6, 6.07) is 20.8. The van der Waals surface area contributed by atoms with Gasteiger partial charge in [-0.15, -0.1) is 0 Å². The van der Waals surface area contributed by atoms with Crippen molar-refractivity contribution in [2.45, 2.75) is 38.5 Å². The van der Waals surface area contributed by atoms with Gasteiger partial charge in [0.15, 0.2) is 0 Å². The van der Waals surface area contributed by atoms with Crippen LogP contribution in [0.5, 0.6) is 0 Å². The lowest BCUT2D eigenvalue weighted by Gasteiger charge is -2.35. The van der Waals surface area contributed by atoms with Crippen LogP contribution in [-0.2, 0) is 6.42 Å². The van der Waals surface area contributed by atoms with Crippen molar-refractivity contribution in [3.05, 3.63) is 71.8 Å². The van der Waals surface area contributed by atoms with E-state index in [1.54, 1.807) is 0 Å². The number of benzene rings is 2. The smallest absolute Gasteiger partial charge is 0.0777 e. The molecule has 0 bridgehead atoms. The van der Waals surface area contributed by atoms with Crippen LogP contribution in [0.25, 0.3) is 0 Å². The molecule has 0 aromatic heterocycles. The Morgan fingerprint density at radius 2 is 1.43 bits per heavy atom. The Labute approximate surface area is 128 Å². The van der Waals surface area contributed by atoms with E-state index in [-0.39, 0.29) is 6.04 Å². The molecule has 2 aromatic rings. The Hall–Kier alpha value is -1.64. The van der Waals surface area contributed by atoms with E-state index >= 15 is 0 Å². The van der Waals surface area contributed by atoms with E-state index in [0.29, 0.717) is 12.5 Å². The predicted molar refractivity (Wildman–Crippen MR) is 88.2 cm³/mol. The molecule has 2 atom stereocenters. The van der Waals surface area contributed by atoms with Crippen molar-refractivity contribution in [3.8, 4) is 0 Å². The molecule has 0 spiro atoms. The van der Waals surface area contributed by atoms with Gasteiger partial charge in [0.1, 0.15) is 0 Å². The Balaban J connectivity index is 2.23. The molecule has 2 aromatic carbocycles. The molecule has 0 amide bonds. The van der Waals surface area contributed by atoms with Crippen molar-refractivity contribution in [2.24, 2.45) is 0 Å². The van der Waals surface area contributed by atoms with Crippen molar-refractivity contribution in [3.63, 3.8) is 0 Å². The summed E-state index contributed by atoms with van der Waals surface area (Å²) in [6.45, 7) is 4.32. The highest BCUT2D eigenvalue weighted by Crippen LogP contribution is 2.27. The summed E-state index contributed by atoms with van der Waals surface area (Å²) in [4.78, 5) is 2.24. The highest BCUT2D eigenvalue weighted by atomic mass is 16.3. The van der Waals surface area contributed by atoms with Crippen molar-refractivity contribution < 1.29 is 5.11 Å². The lowest BCUT2D eigenvalue weighted by Crippen LogP contribution is -2.39. The number of hydrogen-bond acceptors (Lipinski definition) is 2. The van der Waals surface area contributed by atoms with E-state index in [1.165, 1.54) is 5.56 Å². The number of aliphatic hydroxyl groups excluding tert-OH is 1. The second kappa shape index (κ2) is 7.39. The zero-order valence-electron chi connectivity index (χ0n) is 13.1. The zero-order valence-corrected chi connectivity index (χ0v) is 13.1. The third-order valence-corrected chi connectivity index (χ3v) is 4.05. The molecule has 2 heteroatoms. The topological polar surface area (TPSA) is 23.5 Å². The summed E-state index contributed by atoms with van der Waals surface area (Å²) in [5.41, 5.74) is 2.33. The van der Waals surface area contributed by atoms with E-state index in [2.05, 4.69) is 50.1 Å². The van der Waals surface area contributed by atoms with Gasteiger partial charge in [0.05, 0.1) is 12.1 Å². The first kappa shape index (κ1) is 15.7. The number of aliphatic hydroxyl groups is 1. The van der Waals surface area contributed by atoms with E-state index in [1.807, 2.05) is 36.4 Å². The molecule has 0 aliphatic carbocycles. The molecular formula is C19H25NO. The van der Waals surface area contributed by atoms with Crippen LogP contribution >= 0.6 is 0 Å². The number of likely N-dealkylation sites (N-methyl/N-ethyl adjacent to an activating group) is 1. The van der Waals surface area contributed by atoms with Gasteiger partial charge in [0.2, 0.25) is 0 Å². The molecule has 0 radical (unpaired) electrons. The van der Waals surface area contributed by atoms with Gasteiger partial charge >= 0.3 is 0 Å². The van der Waals surface area contributed by atoms with Crippen LogP contribution in [0, 0.1) is 0 Å². The number of rotatable bonds is 6. The fraction of sp³-hybridized carbons (Fsp3) is 0.368. The van der Waals surface area contributed by atoms with Gasteiger partial charge in [-0.2, -0.15) is 0 Å². The molecule has 2 rings (SSSR count). The molecule has 1 N–H and O–H groups in total. The normalized spacial score (nSPS) is 14.4. The monoisotopic (exact) mass is 283 g/mol. The largest absolute Gasteiger partial charge is 0.391 e. The average Bonchev–Trinajstić information content (AvgIpc) is 2.49. The minimum absolute atomic E-state index is 0.00593. The molecule has 2 unspecified atom stereocenters. The SMILES string of the molecule is CC(C)N(C)C(c1ccccc1)C(O)Cc1ccccc1. The highest BCUT2D eigenvalue weighted by molar-refractivity contribution is 5.22. The fourth-order valence-electron chi connectivity index (χ4n) is 2.67. The maximum absolute atomic E-state index is 10.8. The van der Waals surface area contributed by atoms with Crippen molar-refractivity contribution in [1.29, 1.82) is 0 Å². The quantitative estimate of drug-likeness (QED) is 0.874. The van der Waals surface area contributed by atoms with Crippen LogP contribution in [0.4, 0.5) is 0 Å². The van der Waals surface area contributed by atoms with Crippen molar-refractivity contribution in [2.75, 3.05) is 7.05 Å². The standard InChI is InChI=1S/C19H25NO/c1-15(2)20(3)19(17-12-8-5-9-13-17)18(21)14-16-10-6-4-7-11-16/h4-13,15,18-19,21H,14H2,1-3H3. The first-order chi connectivity index (χ1) is 10.1. The summed E-state index contributed by atoms with van der Waals surface area (Å²) in [6.07, 6.45) is 0.236. The van der Waals surface area contributed by atoms with Gasteiger partial charge in [-0.3, -0.25) is 4.90 Å². The summed E-state index contributed by atoms with van der Waals surface area (Å²) in [5, 5.41) is 10.8. The van der Waals surface area contributed by atoms with E-state index in [0.717, 1.165) is 5.56 Å². The van der Waals surface area contributed by atoms with E-state index < -0.39 is 6.10 Å². The highest BCUT2D eigenvalue weighted by Gasteiger charge is 2.26. The minimum atomic E-state index is -0.429. The van der Waals surface area contributed by atoms with Gasteiger partial charge in [0, 0.05) is 12.5 Å². The molecule has 0 saturated heterocycles. The zero-order chi connectivity index (χ0) is 15.2. The van der Waals surface area contributed by atoms with Crippen LogP contribution in [0.1, 0.15) is 31.0 Å². The molecule has 0 saturated carbocycles. The van der Waals surface area contributed by atoms with E-state index in [4.69, 9.17) is 0 Å². The maximum atomic E-state index is 10.8. The molecular weight excluding hydrogens is 258 g/mol. The summed E-state index contributed by atoms with van der Waals surface area (Å²) in [5.74, 6) is 0. The van der Waals surface area contributed by atoms with Gasteiger partial charge in [-0.05, 0) is 32.0 Å². The van der Waals surface area contributed by atoms with Gasteiger partial charge in [0.25, 0.3) is 0 Å². The second-order valence-electron chi connectivity index (χ2n) is 5.87. The van der Waals surface area contributed by atoms with Crippen molar-refractivity contribution >= 4 is 0 Å². The molecule has 112 valence electrons. The predicted octanol–water partition coefficient (Wildman–Crippen LogP) is 3.67. The number of hydrogen-bond donors (Lipinski definition) is 1. The molecule has 21 heavy (non-hydrogen) atoms. The van der Waals surface area contributed by atoms with Crippen molar-refractivity contribution in [1.82, 2.24) is 4.90 Å². The number of nitrogens with zero attached hydrogens (tertiary/aromatic N) is 1. The lowest BCUT2D eigenvalue weighted by molar-refractivity contribution is 0.0472. The maximum Gasteiger partial charge on any atom is 0.0777 e.